The van der Waals surface area contributed by atoms with Crippen LogP contribution in [0.2, 0.25) is 0 Å². The third-order valence-electron chi connectivity index (χ3n) is 1.76. The van der Waals surface area contributed by atoms with Gasteiger partial charge in [0.05, 0.1) is 0 Å². The number of epoxide rings is 1. The summed E-state index contributed by atoms with van der Waals surface area (Å²) < 4.78 is 14.6. The Morgan fingerprint density at radius 3 is 2.00 bits per heavy atom. The maximum atomic E-state index is 11.3. The average Bonchev–Trinajstić information content (AvgIpc) is 2.60. The van der Waals surface area contributed by atoms with Crippen molar-refractivity contribution in [1.29, 1.82) is 0 Å². The van der Waals surface area contributed by atoms with Gasteiger partial charge in [0, 0.05) is 0 Å². The Morgan fingerprint density at radius 1 is 1.20 bits per heavy atom. The van der Waals surface area contributed by atoms with Crippen LogP contribution >= 0.6 is 0 Å². The minimum absolute atomic E-state index is 0.358. The van der Waals surface area contributed by atoms with Gasteiger partial charge in [-0.1, -0.05) is 0 Å². The van der Waals surface area contributed by atoms with Crippen LogP contribution < -0.4 is 0 Å². The maximum absolute atomic E-state index is 11.3. The number of hydrogen-bond acceptors (Lipinski definition) is 5. The predicted octanol–water partition coefficient (Wildman–Crippen LogP) is 1.64. The Bertz CT molecular complexity index is 287. The molecular weight excluding hydrogens is 200 g/mol. The molecule has 0 bridgehead atoms. The summed E-state index contributed by atoms with van der Waals surface area (Å²) in [7, 11) is 0. The Kier molecular flexibility index (Phi) is 2.67. The van der Waals surface area contributed by atoms with Crippen molar-refractivity contribution in [2.45, 2.75) is 51.9 Å². The lowest BCUT2D eigenvalue weighted by molar-refractivity contribution is -0.117. The van der Waals surface area contributed by atoms with Gasteiger partial charge in [-0.3, -0.25) is 0 Å². The molecule has 0 aromatic rings. The van der Waals surface area contributed by atoms with Crippen molar-refractivity contribution >= 4 is 12.1 Å². The summed E-state index contributed by atoms with van der Waals surface area (Å²) in [5.41, 5.74) is -1.58. The topological polar surface area (TPSA) is 65.1 Å². The smallest absolute Gasteiger partial charge is 0.443 e. The van der Waals surface area contributed by atoms with Crippen LogP contribution in [0.15, 0.2) is 0 Å². The zero-order valence-corrected chi connectivity index (χ0v) is 9.62. The first kappa shape index (κ1) is 11.8. The van der Waals surface area contributed by atoms with Crippen molar-refractivity contribution in [3.8, 4) is 0 Å². The Hall–Kier alpha value is -1.26. The van der Waals surface area contributed by atoms with E-state index in [9.17, 15) is 9.59 Å². The highest BCUT2D eigenvalue weighted by Crippen LogP contribution is 2.29. The Balaban J connectivity index is 2.47. The van der Waals surface area contributed by atoms with Crippen molar-refractivity contribution in [3.63, 3.8) is 0 Å². The fourth-order valence-corrected chi connectivity index (χ4v) is 1.05. The Morgan fingerprint density at radius 2 is 1.67 bits per heavy atom. The summed E-state index contributed by atoms with van der Waals surface area (Å²) in [5.74, 6) is -0.358. The molecule has 86 valence electrons. The van der Waals surface area contributed by atoms with E-state index in [1.807, 2.05) is 0 Å². The van der Waals surface area contributed by atoms with Gasteiger partial charge in [-0.2, -0.15) is 0 Å². The predicted molar refractivity (Wildman–Crippen MR) is 51.3 cm³/mol. The second kappa shape index (κ2) is 3.40. The van der Waals surface area contributed by atoms with Gasteiger partial charge in [0.1, 0.15) is 5.60 Å². The molecule has 0 radical (unpaired) electrons. The van der Waals surface area contributed by atoms with Crippen LogP contribution in [0.1, 0.15) is 34.6 Å². The normalized spacial score (nSPS) is 20.6. The van der Waals surface area contributed by atoms with Crippen molar-refractivity contribution in [2.75, 3.05) is 0 Å². The third kappa shape index (κ3) is 3.42. The van der Waals surface area contributed by atoms with Crippen LogP contribution in [0.25, 0.3) is 0 Å². The van der Waals surface area contributed by atoms with Crippen LogP contribution in [0.3, 0.4) is 0 Å². The molecule has 1 aliphatic rings. The second-order valence-corrected chi connectivity index (χ2v) is 4.99. The van der Waals surface area contributed by atoms with Crippen molar-refractivity contribution in [3.05, 3.63) is 0 Å². The highest BCUT2D eigenvalue weighted by Gasteiger charge is 2.53. The molecule has 5 heteroatoms. The summed E-state index contributed by atoms with van der Waals surface area (Å²) in [5, 5.41) is 0. The standard InChI is InChI=1S/C10H16O5/c1-9(2,3)14-8(12)15-10(4,5)6-7(11)13-6/h6H,1-5H3. The number of ether oxygens (including phenoxy) is 3. The first-order chi connectivity index (χ1) is 6.62. The summed E-state index contributed by atoms with van der Waals surface area (Å²) in [6.07, 6.45) is -1.46. The molecule has 1 saturated heterocycles. The van der Waals surface area contributed by atoms with E-state index >= 15 is 0 Å². The summed E-state index contributed by atoms with van der Waals surface area (Å²) >= 11 is 0. The van der Waals surface area contributed by atoms with Gasteiger partial charge in [0.15, 0.2) is 5.60 Å². The molecule has 0 aromatic heterocycles. The van der Waals surface area contributed by atoms with E-state index in [0.29, 0.717) is 0 Å². The lowest BCUT2D eigenvalue weighted by Crippen LogP contribution is -2.37. The van der Waals surface area contributed by atoms with Gasteiger partial charge in [-0.15, -0.1) is 0 Å². The SMILES string of the molecule is CC(C)(C)OC(=O)OC(C)(C)C1OC1=O. The molecule has 15 heavy (non-hydrogen) atoms. The number of cyclic esters (lactones) is 1. The van der Waals surface area contributed by atoms with Gasteiger partial charge in [0.25, 0.3) is 0 Å². The quantitative estimate of drug-likeness (QED) is 0.518. The summed E-state index contributed by atoms with van der Waals surface area (Å²) in [6.45, 7) is 8.42. The first-order valence-corrected chi connectivity index (χ1v) is 4.74. The highest BCUT2D eigenvalue weighted by molar-refractivity contribution is 5.89. The van der Waals surface area contributed by atoms with Crippen LogP contribution in [-0.2, 0) is 19.0 Å². The number of hydrogen-bond donors (Lipinski definition) is 0. The van der Waals surface area contributed by atoms with E-state index in [-0.39, 0.29) is 5.97 Å². The third-order valence-corrected chi connectivity index (χ3v) is 1.76. The Labute approximate surface area is 88.7 Å². The van der Waals surface area contributed by atoms with Crippen molar-refractivity contribution < 1.29 is 23.8 Å². The molecule has 1 heterocycles. The average molecular weight is 216 g/mol. The monoisotopic (exact) mass is 216 g/mol. The number of carbonyl (C=O) groups is 2. The van der Waals surface area contributed by atoms with Gasteiger partial charge in [-0.05, 0) is 34.6 Å². The summed E-state index contributed by atoms with van der Waals surface area (Å²) in [4.78, 5) is 22.0. The zero-order valence-electron chi connectivity index (χ0n) is 9.62. The van der Waals surface area contributed by atoms with Crippen molar-refractivity contribution in [2.24, 2.45) is 0 Å². The molecule has 1 fully saturated rings. The molecule has 0 N–H and O–H groups in total. The van der Waals surface area contributed by atoms with E-state index in [2.05, 4.69) is 4.74 Å². The number of carbonyl (C=O) groups excluding carboxylic acids is 2. The fourth-order valence-electron chi connectivity index (χ4n) is 1.05. The number of rotatable bonds is 2. The van der Waals surface area contributed by atoms with E-state index < -0.39 is 23.5 Å². The highest BCUT2D eigenvalue weighted by atomic mass is 16.8. The second-order valence-electron chi connectivity index (χ2n) is 4.99. The zero-order chi connectivity index (χ0) is 11.9. The maximum Gasteiger partial charge on any atom is 0.509 e. The summed E-state index contributed by atoms with van der Waals surface area (Å²) in [6, 6.07) is 0. The van der Waals surface area contributed by atoms with Gasteiger partial charge in [0.2, 0.25) is 6.10 Å². The molecule has 0 saturated carbocycles. The van der Waals surface area contributed by atoms with E-state index in [1.54, 1.807) is 34.6 Å². The largest absolute Gasteiger partial charge is 0.509 e. The van der Waals surface area contributed by atoms with E-state index in [4.69, 9.17) is 9.47 Å². The molecule has 0 aromatic carbocycles. The van der Waals surface area contributed by atoms with Crippen LogP contribution in [0.4, 0.5) is 4.79 Å². The molecule has 0 aliphatic carbocycles. The molecule has 1 aliphatic heterocycles. The lowest BCUT2D eigenvalue weighted by Gasteiger charge is -2.24. The van der Waals surface area contributed by atoms with Gasteiger partial charge in [-0.25, -0.2) is 9.59 Å². The molecule has 5 nitrogen and oxygen atoms in total. The molecule has 1 rings (SSSR count). The van der Waals surface area contributed by atoms with Crippen LogP contribution in [0.5, 0.6) is 0 Å². The van der Waals surface area contributed by atoms with E-state index in [0.717, 1.165) is 0 Å². The molecule has 0 spiro atoms. The molecule has 1 unspecified atom stereocenters. The molecular formula is C10H16O5. The first-order valence-electron chi connectivity index (χ1n) is 4.74. The van der Waals surface area contributed by atoms with Crippen molar-refractivity contribution in [1.82, 2.24) is 0 Å². The molecule has 0 amide bonds. The van der Waals surface area contributed by atoms with Crippen LogP contribution in [-0.4, -0.2) is 29.4 Å². The van der Waals surface area contributed by atoms with E-state index in [1.165, 1.54) is 0 Å². The molecule has 1 atom stereocenters. The fraction of sp³-hybridized carbons (Fsp3) is 0.800. The van der Waals surface area contributed by atoms with Gasteiger partial charge < -0.3 is 14.2 Å². The van der Waals surface area contributed by atoms with Gasteiger partial charge >= 0.3 is 12.1 Å². The minimum Gasteiger partial charge on any atom is -0.443 e. The minimum atomic E-state index is -0.973. The van der Waals surface area contributed by atoms with Crippen LogP contribution in [0, 0.1) is 0 Å². The lowest BCUT2D eigenvalue weighted by atomic mass is 10.1.